The normalized spacial score (nSPS) is 10.5. The van der Waals surface area contributed by atoms with E-state index in [2.05, 4.69) is 0 Å². The first-order valence-corrected chi connectivity index (χ1v) is 5.25. The van der Waals surface area contributed by atoms with Crippen molar-refractivity contribution in [3.63, 3.8) is 0 Å². The van der Waals surface area contributed by atoms with Crippen molar-refractivity contribution in [3.8, 4) is 5.75 Å². The van der Waals surface area contributed by atoms with Gasteiger partial charge in [0.1, 0.15) is 11.3 Å². The number of rotatable bonds is 2. The van der Waals surface area contributed by atoms with E-state index < -0.39 is 5.97 Å². The summed E-state index contributed by atoms with van der Waals surface area (Å²) in [4.78, 5) is 12.1. The van der Waals surface area contributed by atoms with E-state index >= 15 is 0 Å². The van der Waals surface area contributed by atoms with Crippen LogP contribution in [0.1, 0.15) is 15.2 Å². The second-order valence-corrected chi connectivity index (χ2v) is 4.51. The number of carboxylic acids is 1. The topological polar surface area (TPSA) is 46.5 Å². The Morgan fingerprint density at radius 2 is 2.20 bits per heavy atom. The molecule has 0 fully saturated rings. The molecule has 0 aliphatic heterocycles. The molecule has 0 radical (unpaired) electrons. The van der Waals surface area contributed by atoms with Crippen molar-refractivity contribution in [2.75, 3.05) is 7.11 Å². The molecule has 1 aromatic heterocycles. The molecule has 2 rings (SSSR count). The fourth-order valence-electron chi connectivity index (χ4n) is 1.60. The number of carbonyl (C=O) groups is 1. The van der Waals surface area contributed by atoms with Gasteiger partial charge >= 0.3 is 5.97 Å². The average molecular weight is 222 g/mol. The van der Waals surface area contributed by atoms with Crippen LogP contribution < -0.4 is 4.74 Å². The van der Waals surface area contributed by atoms with Crippen molar-refractivity contribution in [2.24, 2.45) is 0 Å². The van der Waals surface area contributed by atoms with E-state index in [0.717, 1.165) is 15.0 Å². The molecule has 0 aliphatic carbocycles. The second-order valence-electron chi connectivity index (χ2n) is 3.22. The lowest BCUT2D eigenvalue weighted by Crippen LogP contribution is -2.00. The summed E-state index contributed by atoms with van der Waals surface area (Å²) in [6.45, 7) is 1.99. The Labute approximate surface area is 90.9 Å². The summed E-state index contributed by atoms with van der Waals surface area (Å²) < 4.78 is 6.21. The molecule has 0 spiro atoms. The molecule has 78 valence electrons. The highest BCUT2D eigenvalue weighted by atomic mass is 32.1. The van der Waals surface area contributed by atoms with Gasteiger partial charge in [0, 0.05) is 15.0 Å². The zero-order valence-electron chi connectivity index (χ0n) is 8.40. The van der Waals surface area contributed by atoms with Crippen LogP contribution in [0.15, 0.2) is 18.2 Å². The van der Waals surface area contributed by atoms with E-state index in [1.807, 2.05) is 19.1 Å². The maximum absolute atomic E-state index is 11.0. The molecule has 0 bridgehead atoms. The van der Waals surface area contributed by atoms with Gasteiger partial charge in [0.2, 0.25) is 0 Å². The quantitative estimate of drug-likeness (QED) is 0.849. The van der Waals surface area contributed by atoms with Gasteiger partial charge in [0.25, 0.3) is 0 Å². The van der Waals surface area contributed by atoms with Crippen LogP contribution in [-0.4, -0.2) is 18.2 Å². The first-order valence-electron chi connectivity index (χ1n) is 4.44. The van der Waals surface area contributed by atoms with Gasteiger partial charge in [0.15, 0.2) is 0 Å². The first kappa shape index (κ1) is 9.98. The fourth-order valence-corrected chi connectivity index (χ4v) is 2.52. The van der Waals surface area contributed by atoms with Crippen LogP contribution in [0.2, 0.25) is 0 Å². The minimum absolute atomic E-state index is 0.211. The monoisotopic (exact) mass is 222 g/mol. The summed E-state index contributed by atoms with van der Waals surface area (Å²) in [5, 5.41) is 9.86. The molecule has 1 aromatic carbocycles. The Morgan fingerprint density at radius 1 is 1.47 bits per heavy atom. The molecule has 4 heteroatoms. The highest BCUT2D eigenvalue weighted by Gasteiger charge is 2.15. The average Bonchev–Trinajstić information content (AvgIpc) is 2.55. The fraction of sp³-hybridized carbons (Fsp3) is 0.182. The summed E-state index contributed by atoms with van der Waals surface area (Å²) in [6.07, 6.45) is 0. The van der Waals surface area contributed by atoms with Crippen molar-refractivity contribution in [2.45, 2.75) is 6.92 Å². The lowest BCUT2D eigenvalue weighted by atomic mass is 10.1. The molecule has 15 heavy (non-hydrogen) atoms. The summed E-state index contributed by atoms with van der Waals surface area (Å²) in [7, 11) is 1.49. The number of hydrogen-bond acceptors (Lipinski definition) is 3. The Hall–Kier alpha value is -1.55. The molecule has 0 unspecified atom stereocenters. The van der Waals surface area contributed by atoms with Gasteiger partial charge in [-0.15, -0.1) is 11.3 Å². The van der Waals surface area contributed by atoms with Gasteiger partial charge < -0.3 is 9.84 Å². The summed E-state index contributed by atoms with van der Waals surface area (Å²) in [5.74, 6) is -0.512. The lowest BCUT2D eigenvalue weighted by molar-refractivity contribution is 0.0693. The zero-order chi connectivity index (χ0) is 11.0. The van der Waals surface area contributed by atoms with E-state index in [1.54, 1.807) is 17.4 Å². The molecular weight excluding hydrogens is 212 g/mol. The highest BCUT2D eigenvalue weighted by molar-refractivity contribution is 7.19. The maximum atomic E-state index is 11.0. The number of fused-ring (bicyclic) bond motifs is 1. The van der Waals surface area contributed by atoms with Crippen molar-refractivity contribution < 1.29 is 14.6 Å². The lowest BCUT2D eigenvalue weighted by Gasteiger charge is -2.05. The second kappa shape index (κ2) is 3.55. The number of aryl methyl sites for hydroxylation is 1. The number of methoxy groups -OCH3 is 1. The Bertz CT molecular complexity index is 528. The number of ether oxygens (including phenoxy) is 1. The molecular formula is C11H10O3S. The van der Waals surface area contributed by atoms with E-state index in [9.17, 15) is 4.79 Å². The SMILES string of the molecule is COc1c(C(=O)O)ccc2sc(C)cc12. The number of aromatic carboxylic acids is 1. The summed E-state index contributed by atoms with van der Waals surface area (Å²) in [6, 6.07) is 5.35. The van der Waals surface area contributed by atoms with Gasteiger partial charge in [0.05, 0.1) is 7.11 Å². The largest absolute Gasteiger partial charge is 0.495 e. The van der Waals surface area contributed by atoms with Crippen LogP contribution in [0, 0.1) is 6.92 Å². The molecule has 0 atom stereocenters. The van der Waals surface area contributed by atoms with Crippen molar-refractivity contribution in [3.05, 3.63) is 28.6 Å². The third kappa shape index (κ3) is 1.57. The number of thiophene rings is 1. The van der Waals surface area contributed by atoms with E-state index in [0.29, 0.717) is 5.75 Å². The molecule has 2 aromatic rings. The van der Waals surface area contributed by atoms with E-state index in [-0.39, 0.29) is 5.56 Å². The van der Waals surface area contributed by atoms with Gasteiger partial charge in [-0.2, -0.15) is 0 Å². The number of benzene rings is 1. The van der Waals surface area contributed by atoms with Crippen LogP contribution in [0.25, 0.3) is 10.1 Å². The minimum atomic E-state index is -0.961. The summed E-state index contributed by atoms with van der Waals surface area (Å²) in [5.41, 5.74) is 0.211. The van der Waals surface area contributed by atoms with Crippen LogP contribution in [0.5, 0.6) is 5.75 Å². The zero-order valence-corrected chi connectivity index (χ0v) is 9.22. The Morgan fingerprint density at radius 3 is 2.80 bits per heavy atom. The number of carboxylic acid groups (broad SMARTS) is 1. The molecule has 3 nitrogen and oxygen atoms in total. The van der Waals surface area contributed by atoms with Gasteiger partial charge in [-0.1, -0.05) is 0 Å². The third-order valence-corrected chi connectivity index (χ3v) is 3.22. The molecule has 0 saturated heterocycles. The highest BCUT2D eigenvalue weighted by Crippen LogP contribution is 2.35. The predicted octanol–water partition coefficient (Wildman–Crippen LogP) is 2.92. The third-order valence-electron chi connectivity index (χ3n) is 2.21. The van der Waals surface area contributed by atoms with Crippen LogP contribution in [0.4, 0.5) is 0 Å². The molecule has 0 amide bonds. The number of hydrogen-bond donors (Lipinski definition) is 1. The van der Waals surface area contributed by atoms with E-state index in [4.69, 9.17) is 9.84 Å². The van der Waals surface area contributed by atoms with E-state index in [1.165, 1.54) is 7.11 Å². The van der Waals surface area contributed by atoms with Gasteiger partial charge in [-0.25, -0.2) is 4.79 Å². The van der Waals surface area contributed by atoms with Crippen molar-refractivity contribution in [1.29, 1.82) is 0 Å². The predicted molar refractivity (Wildman–Crippen MR) is 60.1 cm³/mol. The first-order chi connectivity index (χ1) is 7.13. The summed E-state index contributed by atoms with van der Waals surface area (Å²) >= 11 is 1.63. The van der Waals surface area contributed by atoms with Crippen LogP contribution in [0.3, 0.4) is 0 Å². The maximum Gasteiger partial charge on any atom is 0.339 e. The van der Waals surface area contributed by atoms with Crippen LogP contribution >= 0.6 is 11.3 Å². The Balaban J connectivity index is 2.80. The Kier molecular flexibility index (Phi) is 2.36. The minimum Gasteiger partial charge on any atom is -0.495 e. The standard InChI is InChI=1S/C11H10O3S/c1-6-5-8-9(15-6)4-3-7(11(12)13)10(8)14-2/h3-5H,1-2H3,(H,12,13). The van der Waals surface area contributed by atoms with Gasteiger partial charge in [-0.3, -0.25) is 0 Å². The molecule has 1 N–H and O–H groups in total. The molecule has 0 saturated carbocycles. The van der Waals surface area contributed by atoms with Crippen LogP contribution in [-0.2, 0) is 0 Å². The molecule has 1 heterocycles. The molecule has 0 aliphatic rings. The van der Waals surface area contributed by atoms with Gasteiger partial charge in [-0.05, 0) is 25.1 Å². The smallest absolute Gasteiger partial charge is 0.339 e. The van der Waals surface area contributed by atoms with Crippen molar-refractivity contribution >= 4 is 27.4 Å². The van der Waals surface area contributed by atoms with Crippen molar-refractivity contribution in [1.82, 2.24) is 0 Å².